The maximum Gasteiger partial charge on any atom is 0.255 e. The smallest absolute Gasteiger partial charge is 0.255 e. The van der Waals surface area contributed by atoms with Crippen LogP contribution in [0, 0.1) is 0 Å². The van der Waals surface area contributed by atoms with Crippen LogP contribution in [0.3, 0.4) is 0 Å². The molecule has 1 amide bonds. The minimum Gasteiger partial charge on any atom is -0.492 e. The van der Waals surface area contributed by atoms with Crippen LogP contribution in [0.25, 0.3) is 0 Å². The minimum absolute atomic E-state index is 0.00924. The summed E-state index contributed by atoms with van der Waals surface area (Å²) in [5, 5.41) is 2.71. The first kappa shape index (κ1) is 23.2. The fourth-order valence-electron chi connectivity index (χ4n) is 2.89. The van der Waals surface area contributed by atoms with Crippen molar-refractivity contribution in [1.82, 2.24) is 4.31 Å². The van der Waals surface area contributed by atoms with Crippen LogP contribution in [-0.2, 0) is 24.6 Å². The molecule has 31 heavy (non-hydrogen) atoms. The highest BCUT2D eigenvalue weighted by molar-refractivity contribution is 7.90. The van der Waals surface area contributed by atoms with E-state index in [4.69, 9.17) is 9.47 Å². The highest BCUT2D eigenvalue weighted by atomic mass is 32.2. The molecule has 0 atom stereocenters. The van der Waals surface area contributed by atoms with Crippen LogP contribution in [0.4, 0.5) is 5.69 Å². The molecule has 0 spiro atoms. The van der Waals surface area contributed by atoms with Gasteiger partial charge in [-0.05, 0) is 36.4 Å². The quantitative estimate of drug-likeness (QED) is 0.622. The third-order valence-corrected chi connectivity index (χ3v) is 7.36. The zero-order valence-electron chi connectivity index (χ0n) is 17.0. The monoisotopic (exact) mass is 468 g/mol. The van der Waals surface area contributed by atoms with Gasteiger partial charge in [0.05, 0.1) is 23.9 Å². The van der Waals surface area contributed by atoms with Gasteiger partial charge in [-0.2, -0.15) is 4.31 Å². The summed E-state index contributed by atoms with van der Waals surface area (Å²) in [4.78, 5) is 12.6. The number of ether oxygens (including phenoxy) is 2. The first-order valence-corrected chi connectivity index (χ1v) is 13.1. The third-order valence-electron chi connectivity index (χ3n) is 4.54. The number of sulfone groups is 1. The summed E-state index contributed by atoms with van der Waals surface area (Å²) in [7, 11) is -6.75. The summed E-state index contributed by atoms with van der Waals surface area (Å²) >= 11 is 0. The summed E-state index contributed by atoms with van der Waals surface area (Å²) in [6.07, 6.45) is 1.13. The van der Waals surface area contributed by atoms with E-state index >= 15 is 0 Å². The lowest BCUT2D eigenvalue weighted by Crippen LogP contribution is -2.40. The first-order valence-electron chi connectivity index (χ1n) is 9.55. The number of sulfonamides is 1. The van der Waals surface area contributed by atoms with Crippen molar-refractivity contribution in [3.8, 4) is 5.75 Å². The summed E-state index contributed by atoms with van der Waals surface area (Å²) in [5.41, 5.74) is 0.760. The van der Waals surface area contributed by atoms with Crippen molar-refractivity contribution < 1.29 is 31.1 Å². The number of carbonyl (C=O) groups excluding carboxylic acids is 1. The molecule has 1 N–H and O–H groups in total. The van der Waals surface area contributed by atoms with E-state index in [-0.39, 0.29) is 17.3 Å². The van der Waals surface area contributed by atoms with Crippen molar-refractivity contribution in [3.05, 3.63) is 54.1 Å². The molecule has 0 aliphatic carbocycles. The van der Waals surface area contributed by atoms with Crippen molar-refractivity contribution in [3.63, 3.8) is 0 Å². The lowest BCUT2D eigenvalue weighted by Gasteiger charge is -2.26. The summed E-state index contributed by atoms with van der Waals surface area (Å²) < 4.78 is 59.7. The molecule has 0 unspecified atom stereocenters. The topological polar surface area (TPSA) is 119 Å². The number of carbonyl (C=O) groups is 1. The van der Waals surface area contributed by atoms with Crippen LogP contribution in [0.1, 0.15) is 10.4 Å². The van der Waals surface area contributed by atoms with Gasteiger partial charge in [0, 0.05) is 36.7 Å². The van der Waals surface area contributed by atoms with E-state index < -0.39 is 25.8 Å². The Hall–Kier alpha value is -2.47. The van der Waals surface area contributed by atoms with Gasteiger partial charge in [0.25, 0.3) is 5.91 Å². The largest absolute Gasteiger partial charge is 0.492 e. The Balaban J connectivity index is 1.64. The van der Waals surface area contributed by atoms with Crippen LogP contribution in [0.2, 0.25) is 0 Å². The molecule has 1 heterocycles. The third kappa shape index (κ3) is 6.50. The molecular weight excluding hydrogens is 444 g/mol. The minimum atomic E-state index is -3.63. The van der Waals surface area contributed by atoms with Gasteiger partial charge in [-0.1, -0.05) is 6.07 Å². The number of benzene rings is 2. The normalized spacial score (nSPS) is 15.4. The van der Waals surface area contributed by atoms with E-state index in [2.05, 4.69) is 5.32 Å². The molecule has 168 valence electrons. The number of morpholine rings is 1. The highest BCUT2D eigenvalue weighted by Gasteiger charge is 2.26. The van der Waals surface area contributed by atoms with Crippen LogP contribution in [0.15, 0.2) is 53.4 Å². The number of nitrogens with zero attached hydrogens (tertiary/aromatic N) is 1. The van der Waals surface area contributed by atoms with Crippen molar-refractivity contribution in [2.24, 2.45) is 0 Å². The molecule has 2 aromatic carbocycles. The Kier molecular flexibility index (Phi) is 7.31. The number of hydrogen-bond donors (Lipinski definition) is 1. The van der Waals surface area contributed by atoms with E-state index in [1.54, 1.807) is 24.3 Å². The Morgan fingerprint density at radius 1 is 1.06 bits per heavy atom. The second kappa shape index (κ2) is 9.77. The van der Waals surface area contributed by atoms with Gasteiger partial charge in [0.1, 0.15) is 12.4 Å². The first-order chi connectivity index (χ1) is 14.6. The number of hydrogen-bond acceptors (Lipinski definition) is 7. The number of amides is 1. The SMILES string of the molecule is CS(=O)(=O)CCOc1cccc(NC(=O)c2ccc(S(=O)(=O)N3CCOCC3)cc2)c1. The molecule has 0 radical (unpaired) electrons. The fourth-order valence-corrected chi connectivity index (χ4v) is 4.69. The second-order valence-electron chi connectivity index (χ2n) is 7.00. The summed E-state index contributed by atoms with van der Waals surface area (Å²) in [5.74, 6) is -0.0967. The maximum atomic E-state index is 12.7. The van der Waals surface area contributed by atoms with Gasteiger partial charge in [0.2, 0.25) is 10.0 Å². The molecule has 9 nitrogen and oxygen atoms in total. The predicted molar refractivity (Wildman–Crippen MR) is 116 cm³/mol. The molecular formula is C20H24N2O7S2. The molecule has 0 bridgehead atoms. The van der Waals surface area contributed by atoms with Gasteiger partial charge in [-0.3, -0.25) is 4.79 Å². The molecule has 0 aromatic heterocycles. The van der Waals surface area contributed by atoms with E-state index in [0.29, 0.717) is 43.3 Å². The summed E-state index contributed by atoms with van der Waals surface area (Å²) in [6.45, 7) is 1.32. The van der Waals surface area contributed by atoms with Gasteiger partial charge < -0.3 is 14.8 Å². The zero-order valence-corrected chi connectivity index (χ0v) is 18.6. The molecule has 1 fully saturated rings. The highest BCUT2D eigenvalue weighted by Crippen LogP contribution is 2.20. The zero-order chi connectivity index (χ0) is 22.5. The number of nitrogens with one attached hydrogen (secondary N) is 1. The van der Waals surface area contributed by atoms with Crippen molar-refractivity contribution in [2.45, 2.75) is 4.90 Å². The Labute approximate surface area is 181 Å². The average molecular weight is 469 g/mol. The van der Waals surface area contributed by atoms with Crippen LogP contribution >= 0.6 is 0 Å². The van der Waals surface area contributed by atoms with Gasteiger partial charge in [0.15, 0.2) is 9.84 Å². The van der Waals surface area contributed by atoms with Crippen molar-refractivity contribution in [2.75, 3.05) is 50.2 Å². The number of anilines is 1. The molecule has 1 saturated heterocycles. The molecule has 2 aromatic rings. The van der Waals surface area contributed by atoms with E-state index in [0.717, 1.165) is 6.26 Å². The lowest BCUT2D eigenvalue weighted by molar-refractivity contribution is 0.0730. The molecule has 1 aliphatic heterocycles. The van der Waals surface area contributed by atoms with E-state index in [1.165, 1.54) is 28.6 Å². The standard InChI is InChI=1S/C20H24N2O7S2/c1-30(24,25)14-13-29-18-4-2-3-17(15-18)21-20(23)16-5-7-19(8-6-16)31(26,27)22-9-11-28-12-10-22/h2-8,15H,9-14H2,1H3,(H,21,23). The molecule has 1 aliphatic rings. The van der Waals surface area contributed by atoms with Crippen LogP contribution in [-0.4, -0.2) is 72.0 Å². The van der Waals surface area contributed by atoms with E-state index in [1.807, 2.05) is 0 Å². The van der Waals surface area contributed by atoms with Crippen molar-refractivity contribution in [1.29, 1.82) is 0 Å². The average Bonchev–Trinajstić information content (AvgIpc) is 2.74. The number of rotatable bonds is 8. The fraction of sp³-hybridized carbons (Fsp3) is 0.350. The van der Waals surface area contributed by atoms with Crippen molar-refractivity contribution >= 4 is 31.5 Å². The Morgan fingerprint density at radius 3 is 2.39 bits per heavy atom. The lowest BCUT2D eigenvalue weighted by atomic mass is 10.2. The Morgan fingerprint density at radius 2 is 1.74 bits per heavy atom. The maximum absolute atomic E-state index is 12.7. The van der Waals surface area contributed by atoms with Crippen LogP contribution in [0.5, 0.6) is 5.75 Å². The predicted octanol–water partition coefficient (Wildman–Crippen LogP) is 1.38. The van der Waals surface area contributed by atoms with Crippen LogP contribution < -0.4 is 10.1 Å². The van der Waals surface area contributed by atoms with Gasteiger partial charge in [-0.15, -0.1) is 0 Å². The summed E-state index contributed by atoms with van der Waals surface area (Å²) in [6, 6.07) is 12.3. The van der Waals surface area contributed by atoms with E-state index in [9.17, 15) is 21.6 Å². The van der Waals surface area contributed by atoms with Gasteiger partial charge in [-0.25, -0.2) is 16.8 Å². The molecule has 0 saturated carbocycles. The van der Waals surface area contributed by atoms with Gasteiger partial charge >= 0.3 is 0 Å². The Bertz CT molecular complexity index is 1120. The molecule has 3 rings (SSSR count). The second-order valence-corrected chi connectivity index (χ2v) is 11.2. The molecule has 11 heteroatoms.